The van der Waals surface area contributed by atoms with Crippen LogP contribution < -0.4 is 20.1 Å². The zero-order valence-electron chi connectivity index (χ0n) is 20.6. The predicted octanol–water partition coefficient (Wildman–Crippen LogP) is 5.20. The second kappa shape index (κ2) is 9.58. The number of para-hydroxylation sites is 2. The molecule has 1 aromatic heterocycles. The van der Waals surface area contributed by atoms with Gasteiger partial charge in [-0.1, -0.05) is 54.1 Å². The van der Waals surface area contributed by atoms with E-state index in [2.05, 4.69) is 10.6 Å². The van der Waals surface area contributed by atoms with E-state index < -0.39 is 6.04 Å². The molecule has 0 saturated heterocycles. The summed E-state index contributed by atoms with van der Waals surface area (Å²) in [5.41, 5.74) is 4.74. The van der Waals surface area contributed by atoms with Gasteiger partial charge in [0.25, 0.3) is 5.91 Å². The summed E-state index contributed by atoms with van der Waals surface area (Å²) in [7, 11) is 3.20. The number of amides is 1. The Morgan fingerprint density at radius 1 is 0.944 bits per heavy atom. The van der Waals surface area contributed by atoms with Crippen molar-refractivity contribution < 1.29 is 14.3 Å². The molecule has 0 spiro atoms. The second-order valence-corrected chi connectivity index (χ2v) is 8.56. The lowest BCUT2D eigenvalue weighted by molar-refractivity contribution is -0.113. The van der Waals surface area contributed by atoms with Crippen LogP contribution in [0.4, 0.5) is 11.6 Å². The summed E-state index contributed by atoms with van der Waals surface area (Å²) in [5, 5.41) is 11.1. The van der Waals surface area contributed by atoms with Crippen LogP contribution in [0.3, 0.4) is 0 Å². The number of ether oxygens (including phenoxy) is 2. The van der Waals surface area contributed by atoms with Crippen molar-refractivity contribution in [3.05, 3.63) is 95.2 Å². The van der Waals surface area contributed by atoms with Gasteiger partial charge in [-0.05, 0) is 43.7 Å². The van der Waals surface area contributed by atoms with E-state index in [1.54, 1.807) is 25.0 Å². The van der Waals surface area contributed by atoms with Crippen LogP contribution in [0.25, 0.3) is 11.4 Å². The fraction of sp³-hybridized carbons (Fsp3) is 0.179. The molecule has 182 valence electrons. The number of methoxy groups -OCH3 is 2. The first-order valence-corrected chi connectivity index (χ1v) is 11.6. The summed E-state index contributed by atoms with van der Waals surface area (Å²) in [6, 6.07) is 22.5. The molecule has 3 aromatic carbocycles. The molecule has 1 aliphatic heterocycles. The van der Waals surface area contributed by atoms with Crippen molar-refractivity contribution in [3.8, 4) is 22.9 Å². The Labute approximate surface area is 209 Å². The lowest BCUT2D eigenvalue weighted by Gasteiger charge is -2.29. The van der Waals surface area contributed by atoms with Gasteiger partial charge < -0.3 is 20.1 Å². The zero-order chi connectivity index (χ0) is 25.2. The Hall–Kier alpha value is -4.59. The van der Waals surface area contributed by atoms with Crippen LogP contribution >= 0.6 is 0 Å². The van der Waals surface area contributed by atoms with E-state index in [4.69, 9.17) is 19.6 Å². The minimum Gasteiger partial charge on any atom is -0.497 e. The minimum atomic E-state index is -0.506. The summed E-state index contributed by atoms with van der Waals surface area (Å²) < 4.78 is 12.5. The van der Waals surface area contributed by atoms with E-state index in [1.807, 2.05) is 80.6 Å². The first-order chi connectivity index (χ1) is 17.5. The van der Waals surface area contributed by atoms with E-state index in [-0.39, 0.29) is 5.91 Å². The molecule has 0 aliphatic carbocycles. The molecule has 1 atom stereocenters. The number of nitrogens with zero attached hydrogens (tertiary/aromatic N) is 3. The Balaban J connectivity index is 1.59. The average molecular weight is 482 g/mol. The Morgan fingerprint density at radius 3 is 2.36 bits per heavy atom. The Bertz CT molecular complexity index is 1440. The van der Waals surface area contributed by atoms with Gasteiger partial charge in [0.1, 0.15) is 17.5 Å². The Kier molecular flexibility index (Phi) is 6.16. The van der Waals surface area contributed by atoms with Crippen molar-refractivity contribution in [2.75, 3.05) is 24.9 Å². The van der Waals surface area contributed by atoms with Crippen LogP contribution in [0.15, 0.2) is 84.1 Å². The zero-order valence-corrected chi connectivity index (χ0v) is 20.6. The molecule has 4 aromatic rings. The van der Waals surface area contributed by atoms with Gasteiger partial charge >= 0.3 is 0 Å². The lowest BCUT2D eigenvalue weighted by atomic mass is 9.95. The van der Waals surface area contributed by atoms with E-state index >= 15 is 0 Å². The molecule has 0 saturated carbocycles. The molecule has 2 heterocycles. The predicted molar refractivity (Wildman–Crippen MR) is 139 cm³/mol. The highest BCUT2D eigenvalue weighted by atomic mass is 16.5. The van der Waals surface area contributed by atoms with Crippen LogP contribution in [0.5, 0.6) is 11.5 Å². The van der Waals surface area contributed by atoms with Crippen LogP contribution in [0.1, 0.15) is 24.1 Å². The molecule has 1 amide bonds. The number of carbonyl (C=O) groups is 1. The standard InChI is InChI=1S/C28H27N5O3/c1-17-9-11-20(12-10-17)26-31-28-29-18(2)24(27(34)30-22-7-5-6-8-23(22)36-4)25(33(28)32-26)19-13-15-21(35-3)16-14-19/h5-16,25H,1-4H3,(H,30,34)(H,29,31,32). The number of hydrogen-bond acceptors (Lipinski definition) is 6. The van der Waals surface area contributed by atoms with Crippen LogP contribution in [-0.4, -0.2) is 34.9 Å². The van der Waals surface area contributed by atoms with E-state index in [0.717, 1.165) is 22.4 Å². The highest BCUT2D eigenvalue weighted by molar-refractivity contribution is 6.06. The number of nitrogens with one attached hydrogen (secondary N) is 2. The number of fused-ring (bicyclic) bond motifs is 1. The first-order valence-electron chi connectivity index (χ1n) is 11.6. The highest BCUT2D eigenvalue weighted by Gasteiger charge is 2.34. The van der Waals surface area contributed by atoms with Gasteiger partial charge in [0, 0.05) is 11.3 Å². The third-order valence-electron chi connectivity index (χ3n) is 6.19. The molecule has 0 radical (unpaired) electrons. The van der Waals surface area contributed by atoms with Crippen molar-refractivity contribution in [1.29, 1.82) is 0 Å². The molecule has 5 rings (SSSR count). The molecule has 36 heavy (non-hydrogen) atoms. The lowest BCUT2D eigenvalue weighted by Crippen LogP contribution is -2.31. The smallest absolute Gasteiger partial charge is 0.255 e. The average Bonchev–Trinajstić information content (AvgIpc) is 3.32. The molecule has 0 bridgehead atoms. The largest absolute Gasteiger partial charge is 0.497 e. The monoisotopic (exact) mass is 481 g/mol. The van der Waals surface area contributed by atoms with Crippen LogP contribution in [-0.2, 0) is 4.79 Å². The van der Waals surface area contributed by atoms with E-state index in [9.17, 15) is 4.79 Å². The minimum absolute atomic E-state index is 0.261. The number of benzene rings is 3. The number of hydrogen-bond donors (Lipinski definition) is 2. The number of allylic oxidation sites excluding steroid dienone is 1. The molecular weight excluding hydrogens is 454 g/mol. The van der Waals surface area contributed by atoms with Crippen LogP contribution in [0, 0.1) is 6.92 Å². The van der Waals surface area contributed by atoms with Gasteiger partial charge in [-0.25, -0.2) is 4.68 Å². The normalized spacial score (nSPS) is 14.6. The van der Waals surface area contributed by atoms with Crippen molar-refractivity contribution in [3.63, 3.8) is 0 Å². The van der Waals surface area contributed by atoms with Crippen molar-refractivity contribution >= 4 is 17.5 Å². The number of carbonyl (C=O) groups excluding carboxylic acids is 1. The summed E-state index contributed by atoms with van der Waals surface area (Å²) in [4.78, 5) is 18.5. The maximum Gasteiger partial charge on any atom is 0.255 e. The van der Waals surface area contributed by atoms with Crippen molar-refractivity contribution in [1.82, 2.24) is 14.8 Å². The van der Waals surface area contributed by atoms with Gasteiger partial charge in [0.15, 0.2) is 5.82 Å². The molecule has 1 unspecified atom stereocenters. The second-order valence-electron chi connectivity index (χ2n) is 8.56. The number of aryl methyl sites for hydroxylation is 1. The van der Waals surface area contributed by atoms with E-state index in [0.29, 0.717) is 34.5 Å². The quantitative estimate of drug-likeness (QED) is 0.394. The third kappa shape index (κ3) is 4.29. The molecule has 8 heteroatoms. The fourth-order valence-electron chi connectivity index (χ4n) is 4.30. The van der Waals surface area contributed by atoms with Crippen molar-refractivity contribution in [2.24, 2.45) is 0 Å². The summed E-state index contributed by atoms with van der Waals surface area (Å²) in [6.45, 7) is 3.91. The topological polar surface area (TPSA) is 90.3 Å². The van der Waals surface area contributed by atoms with Gasteiger partial charge in [-0.2, -0.15) is 4.98 Å². The van der Waals surface area contributed by atoms with Gasteiger partial charge in [0.05, 0.1) is 25.5 Å². The molecule has 2 N–H and O–H groups in total. The van der Waals surface area contributed by atoms with Gasteiger partial charge in [0.2, 0.25) is 5.95 Å². The van der Waals surface area contributed by atoms with Crippen molar-refractivity contribution in [2.45, 2.75) is 19.9 Å². The van der Waals surface area contributed by atoms with Gasteiger partial charge in [-0.3, -0.25) is 4.79 Å². The SMILES string of the molecule is COc1ccc(C2C(C(=O)Nc3ccccc3OC)=C(C)Nc3nc(-c4ccc(C)cc4)nn32)cc1. The number of anilines is 2. The first kappa shape index (κ1) is 23.2. The molecule has 1 aliphatic rings. The maximum absolute atomic E-state index is 13.7. The maximum atomic E-state index is 13.7. The third-order valence-corrected chi connectivity index (χ3v) is 6.19. The summed E-state index contributed by atoms with van der Waals surface area (Å²) in [5.74, 6) is 2.20. The number of aromatic nitrogens is 3. The van der Waals surface area contributed by atoms with E-state index in [1.165, 1.54) is 0 Å². The molecule has 0 fully saturated rings. The number of rotatable bonds is 6. The van der Waals surface area contributed by atoms with Gasteiger partial charge in [-0.15, -0.1) is 5.10 Å². The Morgan fingerprint density at radius 2 is 1.67 bits per heavy atom. The highest BCUT2D eigenvalue weighted by Crippen LogP contribution is 2.38. The molecule has 8 nitrogen and oxygen atoms in total. The molecular formula is C28H27N5O3. The fourth-order valence-corrected chi connectivity index (χ4v) is 4.30. The summed E-state index contributed by atoms with van der Waals surface area (Å²) in [6.07, 6.45) is 0. The summed E-state index contributed by atoms with van der Waals surface area (Å²) >= 11 is 0. The van der Waals surface area contributed by atoms with Crippen LogP contribution in [0.2, 0.25) is 0 Å².